The molecule has 0 fully saturated rings. The Morgan fingerprint density at radius 3 is 2.11 bits per heavy atom. The zero-order valence-corrected chi connectivity index (χ0v) is 19.0. The third-order valence-corrected chi connectivity index (χ3v) is 5.21. The minimum absolute atomic E-state index is 0.127. The number of aliphatic carboxylic acids is 3. The Morgan fingerprint density at radius 2 is 1.50 bits per heavy atom. The second kappa shape index (κ2) is 12.9. The summed E-state index contributed by atoms with van der Waals surface area (Å²) < 4.78 is 0. The van der Waals surface area contributed by atoms with E-state index in [1.165, 1.54) is 0 Å². The van der Waals surface area contributed by atoms with Crippen molar-refractivity contribution in [2.45, 2.75) is 43.8 Å². The lowest BCUT2D eigenvalue weighted by Gasteiger charge is -2.24. The number of fused-ring (bicyclic) bond motifs is 1. The summed E-state index contributed by atoms with van der Waals surface area (Å²) in [6.45, 7) is -0.507. The van der Waals surface area contributed by atoms with Crippen molar-refractivity contribution in [3.8, 4) is 0 Å². The number of nitrogens with one attached hydrogen (secondary N) is 4. The average molecular weight is 505 g/mol. The number of nitrogens with two attached hydrogens (primary N) is 1. The van der Waals surface area contributed by atoms with Crippen LogP contribution in [0.4, 0.5) is 0 Å². The minimum atomic E-state index is -1.56. The van der Waals surface area contributed by atoms with Crippen LogP contribution in [0.3, 0.4) is 0 Å². The van der Waals surface area contributed by atoms with E-state index in [0.29, 0.717) is 5.56 Å². The molecule has 14 heteroatoms. The Balaban J connectivity index is 2.32. The largest absolute Gasteiger partial charge is 0.481 e. The van der Waals surface area contributed by atoms with Gasteiger partial charge in [0, 0.05) is 29.9 Å². The van der Waals surface area contributed by atoms with Gasteiger partial charge in [0.25, 0.3) is 0 Å². The molecule has 1 heterocycles. The van der Waals surface area contributed by atoms with Crippen molar-refractivity contribution in [2.24, 2.45) is 5.73 Å². The van der Waals surface area contributed by atoms with E-state index >= 15 is 0 Å². The van der Waals surface area contributed by atoms with Crippen molar-refractivity contribution in [3.05, 3.63) is 36.0 Å². The molecular weight excluding hydrogens is 478 g/mol. The van der Waals surface area contributed by atoms with Gasteiger partial charge in [0.15, 0.2) is 0 Å². The number of carbonyl (C=O) groups is 6. The molecule has 0 saturated carbocycles. The number of para-hydroxylation sites is 1. The first kappa shape index (κ1) is 27.8. The Bertz CT molecular complexity index is 1150. The summed E-state index contributed by atoms with van der Waals surface area (Å²) in [6.07, 6.45) is -0.255. The minimum Gasteiger partial charge on any atom is -0.481 e. The molecular formula is C22H27N5O9. The van der Waals surface area contributed by atoms with Crippen LogP contribution in [-0.2, 0) is 35.2 Å². The second-order valence-electron chi connectivity index (χ2n) is 7.88. The summed E-state index contributed by atoms with van der Waals surface area (Å²) >= 11 is 0. The number of benzene rings is 1. The number of amides is 3. The zero-order chi connectivity index (χ0) is 26.8. The normalized spacial score (nSPS) is 13.2. The Hall–Kier alpha value is -4.46. The predicted molar refractivity (Wildman–Crippen MR) is 124 cm³/mol. The fraction of sp³-hybridized carbons (Fsp3) is 0.364. The fourth-order valence-electron chi connectivity index (χ4n) is 3.44. The van der Waals surface area contributed by atoms with Gasteiger partial charge in [0.05, 0.1) is 13.0 Å². The predicted octanol–water partition coefficient (Wildman–Crippen LogP) is -1.45. The fourth-order valence-corrected chi connectivity index (χ4v) is 3.44. The summed E-state index contributed by atoms with van der Waals surface area (Å²) in [7, 11) is 0. The highest BCUT2D eigenvalue weighted by Gasteiger charge is 2.31. The van der Waals surface area contributed by atoms with Crippen LogP contribution >= 0.6 is 0 Å². The molecule has 1 aromatic carbocycles. The number of hydrogen-bond acceptors (Lipinski definition) is 7. The Kier molecular flexibility index (Phi) is 9.92. The number of carbonyl (C=O) groups excluding carboxylic acids is 3. The third-order valence-electron chi connectivity index (χ3n) is 5.21. The number of aromatic nitrogens is 1. The van der Waals surface area contributed by atoms with Crippen molar-refractivity contribution in [1.82, 2.24) is 20.9 Å². The van der Waals surface area contributed by atoms with Gasteiger partial charge in [-0.15, -0.1) is 0 Å². The second-order valence-corrected chi connectivity index (χ2v) is 7.88. The van der Waals surface area contributed by atoms with Crippen LogP contribution in [0.1, 0.15) is 24.8 Å². The highest BCUT2D eigenvalue weighted by molar-refractivity contribution is 5.95. The third kappa shape index (κ3) is 8.09. The van der Waals surface area contributed by atoms with Crippen molar-refractivity contribution in [2.75, 3.05) is 6.54 Å². The van der Waals surface area contributed by atoms with Crippen LogP contribution < -0.4 is 21.7 Å². The topological polar surface area (TPSA) is 241 Å². The number of hydrogen-bond donors (Lipinski definition) is 8. The number of aromatic amines is 1. The van der Waals surface area contributed by atoms with E-state index in [2.05, 4.69) is 20.9 Å². The average Bonchev–Trinajstić information content (AvgIpc) is 3.22. The van der Waals surface area contributed by atoms with E-state index in [-0.39, 0.29) is 6.42 Å². The number of carboxylic acids is 3. The van der Waals surface area contributed by atoms with Gasteiger partial charge in [-0.1, -0.05) is 18.2 Å². The van der Waals surface area contributed by atoms with Crippen LogP contribution in [0.5, 0.6) is 0 Å². The van der Waals surface area contributed by atoms with Crippen LogP contribution in [0.25, 0.3) is 10.9 Å². The molecule has 3 atom stereocenters. The van der Waals surface area contributed by atoms with Gasteiger partial charge in [0.2, 0.25) is 17.7 Å². The van der Waals surface area contributed by atoms with E-state index in [1.54, 1.807) is 30.5 Å². The molecule has 194 valence electrons. The van der Waals surface area contributed by atoms with Crippen molar-refractivity contribution >= 4 is 46.5 Å². The molecule has 9 N–H and O–H groups in total. The number of rotatable bonds is 14. The van der Waals surface area contributed by atoms with E-state index in [1.807, 2.05) is 0 Å². The smallest absolute Gasteiger partial charge is 0.326 e. The van der Waals surface area contributed by atoms with E-state index < -0.39 is 79.6 Å². The summed E-state index contributed by atoms with van der Waals surface area (Å²) in [5, 5.41) is 34.8. The lowest BCUT2D eigenvalue weighted by Crippen LogP contribution is -2.57. The Morgan fingerprint density at radius 1 is 0.861 bits per heavy atom. The quantitative estimate of drug-likeness (QED) is 0.148. The SMILES string of the molecule is NCC(=O)NC(CC(=O)O)C(=O)NC(Cc1c[nH]c2ccccc12)C(=O)NC(CCC(=O)O)C(=O)O. The molecule has 0 saturated heterocycles. The molecule has 3 unspecified atom stereocenters. The molecule has 36 heavy (non-hydrogen) atoms. The van der Waals surface area contributed by atoms with E-state index in [9.17, 15) is 33.9 Å². The molecule has 0 aliphatic rings. The van der Waals surface area contributed by atoms with E-state index in [4.69, 9.17) is 15.9 Å². The van der Waals surface area contributed by atoms with Gasteiger partial charge in [-0.25, -0.2) is 4.79 Å². The van der Waals surface area contributed by atoms with Gasteiger partial charge in [-0.3, -0.25) is 24.0 Å². The monoisotopic (exact) mass is 505 g/mol. The maximum Gasteiger partial charge on any atom is 0.326 e. The highest BCUT2D eigenvalue weighted by Crippen LogP contribution is 2.19. The molecule has 1 aromatic heterocycles. The molecule has 14 nitrogen and oxygen atoms in total. The van der Waals surface area contributed by atoms with Gasteiger partial charge < -0.3 is 42.0 Å². The van der Waals surface area contributed by atoms with Crippen LogP contribution in [-0.4, -0.2) is 80.6 Å². The number of H-pyrrole nitrogens is 1. The first-order valence-electron chi connectivity index (χ1n) is 10.8. The maximum atomic E-state index is 13.1. The summed E-state index contributed by atoms with van der Waals surface area (Å²) in [5.74, 6) is -6.87. The number of carboxylic acid groups (broad SMARTS) is 3. The van der Waals surface area contributed by atoms with Gasteiger partial charge in [-0.2, -0.15) is 0 Å². The first-order chi connectivity index (χ1) is 17.0. The molecule has 0 aliphatic heterocycles. The molecule has 2 rings (SSSR count). The van der Waals surface area contributed by atoms with Crippen molar-refractivity contribution < 1.29 is 44.1 Å². The van der Waals surface area contributed by atoms with E-state index in [0.717, 1.165) is 10.9 Å². The first-order valence-corrected chi connectivity index (χ1v) is 10.8. The molecule has 0 spiro atoms. The zero-order valence-electron chi connectivity index (χ0n) is 19.0. The molecule has 0 radical (unpaired) electrons. The van der Waals surface area contributed by atoms with Crippen molar-refractivity contribution in [3.63, 3.8) is 0 Å². The molecule has 0 aliphatic carbocycles. The Labute approximate surface area is 204 Å². The highest BCUT2D eigenvalue weighted by atomic mass is 16.4. The summed E-state index contributed by atoms with van der Waals surface area (Å²) in [4.78, 5) is 74.2. The lowest BCUT2D eigenvalue weighted by molar-refractivity contribution is -0.144. The molecule has 2 aromatic rings. The van der Waals surface area contributed by atoms with Crippen LogP contribution in [0.15, 0.2) is 30.5 Å². The standard InChI is InChI=1S/C22H27N5O9/c23-9-17(28)25-16(8-19(31)32)21(34)27-15(7-11-10-24-13-4-2-1-3-12(11)13)20(33)26-14(22(35)36)5-6-18(29)30/h1-4,10,14-16,24H,5-9,23H2,(H,25,28)(H,26,33)(H,27,34)(H,29,30)(H,31,32)(H,35,36). The van der Waals surface area contributed by atoms with Gasteiger partial charge in [0.1, 0.15) is 18.1 Å². The summed E-state index contributed by atoms with van der Waals surface area (Å²) in [5.41, 5.74) is 6.55. The van der Waals surface area contributed by atoms with Crippen LogP contribution in [0.2, 0.25) is 0 Å². The summed E-state index contributed by atoms with van der Waals surface area (Å²) in [6, 6.07) is 2.58. The van der Waals surface area contributed by atoms with Gasteiger partial charge in [-0.05, 0) is 18.1 Å². The van der Waals surface area contributed by atoms with Crippen molar-refractivity contribution in [1.29, 1.82) is 0 Å². The van der Waals surface area contributed by atoms with Gasteiger partial charge >= 0.3 is 17.9 Å². The molecule has 0 bridgehead atoms. The molecule has 3 amide bonds. The maximum absolute atomic E-state index is 13.1. The van der Waals surface area contributed by atoms with Crippen LogP contribution in [0, 0.1) is 0 Å². The lowest BCUT2D eigenvalue weighted by atomic mass is 10.0.